The Morgan fingerprint density at radius 1 is 1.26 bits per heavy atom. The van der Waals surface area contributed by atoms with E-state index in [1.807, 2.05) is 19.1 Å². The Morgan fingerprint density at radius 3 is 2.74 bits per heavy atom. The first kappa shape index (κ1) is 14.5. The molecule has 0 heterocycles. The van der Waals surface area contributed by atoms with E-state index in [1.54, 1.807) is 6.07 Å². The van der Waals surface area contributed by atoms with Gasteiger partial charge in [-0.2, -0.15) is 0 Å². The molecule has 3 nitrogen and oxygen atoms in total. The van der Waals surface area contributed by atoms with Crippen LogP contribution in [0.4, 0.5) is 0 Å². The molecule has 4 heteroatoms. The van der Waals surface area contributed by atoms with Gasteiger partial charge in [-0.05, 0) is 61.8 Å². The van der Waals surface area contributed by atoms with Gasteiger partial charge in [0, 0.05) is 6.04 Å². The Morgan fingerprint density at radius 2 is 2.00 bits per heavy atom. The minimum atomic E-state index is -3.14. The average molecular weight is 281 g/mol. The van der Waals surface area contributed by atoms with Crippen LogP contribution in [-0.4, -0.2) is 20.2 Å². The van der Waals surface area contributed by atoms with Crippen molar-refractivity contribution in [2.24, 2.45) is 5.73 Å². The number of aryl methyl sites for hydroxylation is 2. The third-order valence-electron chi connectivity index (χ3n) is 3.94. The fourth-order valence-electron chi connectivity index (χ4n) is 2.60. The molecule has 1 unspecified atom stereocenters. The minimum absolute atomic E-state index is 0.121. The van der Waals surface area contributed by atoms with Crippen LogP contribution in [0.2, 0.25) is 0 Å². The highest BCUT2D eigenvalue weighted by atomic mass is 32.2. The van der Waals surface area contributed by atoms with Gasteiger partial charge in [0.2, 0.25) is 0 Å². The molecule has 2 N–H and O–H groups in total. The van der Waals surface area contributed by atoms with Gasteiger partial charge < -0.3 is 5.73 Å². The van der Waals surface area contributed by atoms with Crippen molar-refractivity contribution in [3.8, 4) is 0 Å². The van der Waals surface area contributed by atoms with Crippen LogP contribution in [0.15, 0.2) is 23.1 Å². The Labute approximate surface area is 116 Å². The van der Waals surface area contributed by atoms with E-state index in [0.29, 0.717) is 11.3 Å². The number of fused-ring (bicyclic) bond motifs is 1. The minimum Gasteiger partial charge on any atom is -0.328 e. The van der Waals surface area contributed by atoms with Gasteiger partial charge >= 0.3 is 0 Å². The molecule has 0 saturated carbocycles. The number of nitrogens with two attached hydrogens (primary N) is 1. The number of hydrogen-bond donors (Lipinski definition) is 1. The monoisotopic (exact) mass is 281 g/mol. The summed E-state index contributed by atoms with van der Waals surface area (Å²) < 4.78 is 24.5. The normalized spacial score (nSPS) is 16.3. The second kappa shape index (κ2) is 6.06. The first-order valence-corrected chi connectivity index (χ1v) is 8.78. The van der Waals surface area contributed by atoms with E-state index < -0.39 is 9.84 Å². The third-order valence-corrected chi connectivity index (χ3v) is 5.74. The first-order valence-electron chi connectivity index (χ1n) is 7.13. The van der Waals surface area contributed by atoms with Gasteiger partial charge in [-0.25, -0.2) is 8.42 Å². The van der Waals surface area contributed by atoms with E-state index in [1.165, 1.54) is 11.1 Å². The SMILES string of the molecule is CCC(N)CCCS(=O)(=O)c1ccc2c(c1)CCC2. The zero-order valence-corrected chi connectivity index (χ0v) is 12.4. The summed E-state index contributed by atoms with van der Waals surface area (Å²) in [6.07, 6.45) is 5.57. The molecule has 0 aliphatic heterocycles. The largest absolute Gasteiger partial charge is 0.328 e. The predicted octanol–water partition coefficient (Wildman–Crippen LogP) is 2.47. The van der Waals surface area contributed by atoms with Crippen LogP contribution >= 0.6 is 0 Å². The number of benzene rings is 1. The zero-order chi connectivity index (χ0) is 13.9. The van der Waals surface area contributed by atoms with Crippen LogP contribution in [0.25, 0.3) is 0 Å². The standard InChI is InChI=1S/C15H23NO2S/c1-2-14(16)7-4-10-19(17,18)15-9-8-12-5-3-6-13(12)11-15/h8-9,11,14H,2-7,10,16H2,1H3. The highest BCUT2D eigenvalue weighted by Gasteiger charge is 2.18. The van der Waals surface area contributed by atoms with Crippen LogP contribution < -0.4 is 5.73 Å². The molecule has 1 aliphatic carbocycles. The second-order valence-corrected chi connectivity index (χ2v) is 7.52. The van der Waals surface area contributed by atoms with Crippen LogP contribution in [-0.2, 0) is 22.7 Å². The fourth-order valence-corrected chi connectivity index (χ4v) is 3.98. The molecule has 0 fully saturated rings. The summed E-state index contributed by atoms with van der Waals surface area (Å²) in [4.78, 5) is 0.484. The highest BCUT2D eigenvalue weighted by molar-refractivity contribution is 7.91. The lowest BCUT2D eigenvalue weighted by atomic mass is 10.1. The van der Waals surface area contributed by atoms with Crippen molar-refractivity contribution < 1.29 is 8.42 Å². The van der Waals surface area contributed by atoms with E-state index in [0.717, 1.165) is 32.1 Å². The second-order valence-electron chi connectivity index (χ2n) is 5.41. The summed E-state index contributed by atoms with van der Waals surface area (Å²) in [6.45, 7) is 2.03. The zero-order valence-electron chi connectivity index (χ0n) is 11.6. The van der Waals surface area contributed by atoms with Crippen LogP contribution in [0.3, 0.4) is 0 Å². The van der Waals surface area contributed by atoms with E-state index in [9.17, 15) is 8.42 Å². The lowest BCUT2D eigenvalue weighted by molar-refractivity contribution is 0.567. The molecule has 19 heavy (non-hydrogen) atoms. The fraction of sp³-hybridized carbons (Fsp3) is 0.600. The molecule has 0 spiro atoms. The molecule has 0 amide bonds. The molecule has 1 atom stereocenters. The number of rotatable bonds is 6. The molecule has 2 rings (SSSR count). The van der Waals surface area contributed by atoms with Gasteiger partial charge in [0.25, 0.3) is 0 Å². The maximum atomic E-state index is 12.3. The Balaban J connectivity index is 2.03. The van der Waals surface area contributed by atoms with Crippen molar-refractivity contribution in [3.63, 3.8) is 0 Å². The maximum absolute atomic E-state index is 12.3. The van der Waals surface area contributed by atoms with Gasteiger partial charge in [-0.3, -0.25) is 0 Å². The highest BCUT2D eigenvalue weighted by Crippen LogP contribution is 2.25. The summed E-state index contributed by atoms with van der Waals surface area (Å²) in [5.74, 6) is 0.208. The van der Waals surface area contributed by atoms with Gasteiger partial charge in [-0.15, -0.1) is 0 Å². The van der Waals surface area contributed by atoms with Gasteiger partial charge in [0.1, 0.15) is 0 Å². The summed E-state index contributed by atoms with van der Waals surface area (Å²) in [5, 5.41) is 0. The van der Waals surface area contributed by atoms with Gasteiger partial charge in [0.15, 0.2) is 9.84 Å². The van der Waals surface area contributed by atoms with Gasteiger partial charge in [0.05, 0.1) is 10.6 Å². The number of hydrogen-bond acceptors (Lipinski definition) is 3. The van der Waals surface area contributed by atoms with E-state index >= 15 is 0 Å². The smallest absolute Gasteiger partial charge is 0.178 e. The molecule has 1 aliphatic rings. The van der Waals surface area contributed by atoms with Crippen LogP contribution in [0.5, 0.6) is 0 Å². The summed E-state index contributed by atoms with van der Waals surface area (Å²) in [5.41, 5.74) is 8.35. The van der Waals surface area contributed by atoms with Crippen LogP contribution in [0.1, 0.15) is 43.7 Å². The van der Waals surface area contributed by atoms with E-state index in [2.05, 4.69) is 0 Å². The summed E-state index contributed by atoms with van der Waals surface area (Å²) in [6, 6.07) is 5.74. The van der Waals surface area contributed by atoms with Gasteiger partial charge in [-0.1, -0.05) is 13.0 Å². The molecule has 0 saturated heterocycles. The van der Waals surface area contributed by atoms with E-state index in [4.69, 9.17) is 5.73 Å². The molecule has 1 aromatic carbocycles. The first-order chi connectivity index (χ1) is 9.03. The van der Waals surface area contributed by atoms with Crippen molar-refractivity contribution in [3.05, 3.63) is 29.3 Å². The molecule has 106 valence electrons. The Hall–Kier alpha value is -0.870. The molecular formula is C15H23NO2S. The van der Waals surface area contributed by atoms with Crippen molar-refractivity contribution >= 4 is 9.84 Å². The summed E-state index contributed by atoms with van der Waals surface area (Å²) >= 11 is 0. The van der Waals surface area contributed by atoms with Crippen LogP contribution in [0, 0.1) is 0 Å². The van der Waals surface area contributed by atoms with E-state index in [-0.39, 0.29) is 11.8 Å². The topological polar surface area (TPSA) is 60.2 Å². The number of sulfone groups is 1. The quantitative estimate of drug-likeness (QED) is 0.871. The molecular weight excluding hydrogens is 258 g/mol. The molecule has 0 aromatic heterocycles. The average Bonchev–Trinajstić information content (AvgIpc) is 2.85. The lowest BCUT2D eigenvalue weighted by Gasteiger charge is -2.09. The summed E-state index contributed by atoms with van der Waals surface area (Å²) in [7, 11) is -3.14. The van der Waals surface area contributed by atoms with Crippen molar-refractivity contribution in [1.82, 2.24) is 0 Å². The molecule has 1 aromatic rings. The lowest BCUT2D eigenvalue weighted by Crippen LogP contribution is -2.19. The Kier molecular flexibility index (Phi) is 4.63. The third kappa shape index (κ3) is 3.57. The molecule has 0 bridgehead atoms. The predicted molar refractivity (Wildman–Crippen MR) is 78.0 cm³/mol. The molecule has 0 radical (unpaired) electrons. The van der Waals surface area contributed by atoms with Crippen molar-refractivity contribution in [1.29, 1.82) is 0 Å². The van der Waals surface area contributed by atoms with Crippen molar-refractivity contribution in [2.45, 2.75) is 56.4 Å². The Bertz CT molecular complexity index is 537. The van der Waals surface area contributed by atoms with Crippen molar-refractivity contribution in [2.75, 3.05) is 5.75 Å². The maximum Gasteiger partial charge on any atom is 0.178 e.